The van der Waals surface area contributed by atoms with Crippen molar-refractivity contribution in [2.24, 2.45) is 0 Å². The highest BCUT2D eigenvalue weighted by Crippen LogP contribution is 2.26. The molecule has 3 nitrogen and oxygen atoms in total. The predicted octanol–water partition coefficient (Wildman–Crippen LogP) is 3.76. The molecule has 2 aromatic carbocycles. The van der Waals surface area contributed by atoms with Crippen molar-refractivity contribution in [1.82, 2.24) is 5.32 Å². The Balaban J connectivity index is 1.91. The summed E-state index contributed by atoms with van der Waals surface area (Å²) >= 11 is 1.58. The quantitative estimate of drug-likeness (QED) is 0.630. The Morgan fingerprint density at radius 2 is 1.77 bits per heavy atom. The lowest BCUT2D eigenvalue weighted by Crippen LogP contribution is -2.31. The second kappa shape index (κ2) is 7.90. The van der Waals surface area contributed by atoms with Gasteiger partial charge in [0.05, 0.1) is 5.25 Å². The molecule has 0 aliphatic carbocycles. The number of amides is 1. The third-order valence-electron chi connectivity index (χ3n) is 3.41. The van der Waals surface area contributed by atoms with Gasteiger partial charge in [-0.1, -0.05) is 36.8 Å². The number of rotatable bonds is 6. The fraction of sp³-hybridized carbons (Fsp3) is 0.278. The number of carbonyl (C=O) groups is 1. The van der Waals surface area contributed by atoms with Crippen molar-refractivity contribution < 1.29 is 4.79 Å². The average Bonchev–Trinajstić information content (AvgIpc) is 2.53. The van der Waals surface area contributed by atoms with E-state index in [1.807, 2.05) is 43.3 Å². The minimum absolute atomic E-state index is 0.0740. The molecule has 2 rings (SSSR count). The summed E-state index contributed by atoms with van der Waals surface area (Å²) in [6, 6.07) is 15.8. The maximum absolute atomic E-state index is 12.3. The van der Waals surface area contributed by atoms with Crippen molar-refractivity contribution in [2.75, 3.05) is 5.73 Å². The number of anilines is 1. The van der Waals surface area contributed by atoms with E-state index in [1.165, 1.54) is 5.56 Å². The minimum Gasteiger partial charge on any atom is -0.399 e. The van der Waals surface area contributed by atoms with Crippen LogP contribution >= 0.6 is 11.8 Å². The number of hydrogen-bond donors (Lipinski definition) is 2. The van der Waals surface area contributed by atoms with Crippen LogP contribution in [0, 0.1) is 6.92 Å². The Labute approximate surface area is 136 Å². The monoisotopic (exact) mass is 314 g/mol. The molecule has 4 heteroatoms. The summed E-state index contributed by atoms with van der Waals surface area (Å²) in [5.41, 5.74) is 8.76. The first kappa shape index (κ1) is 16.4. The first-order valence-corrected chi connectivity index (χ1v) is 8.32. The first-order chi connectivity index (χ1) is 10.6. The number of thioether (sulfide) groups is 1. The molecule has 0 spiro atoms. The number of nitrogens with two attached hydrogens (primary N) is 1. The molecule has 22 heavy (non-hydrogen) atoms. The van der Waals surface area contributed by atoms with E-state index in [1.54, 1.807) is 11.8 Å². The predicted molar refractivity (Wildman–Crippen MR) is 93.8 cm³/mol. The fourth-order valence-electron chi connectivity index (χ4n) is 2.04. The lowest BCUT2D eigenvalue weighted by atomic mass is 10.1. The van der Waals surface area contributed by atoms with Gasteiger partial charge in [0.25, 0.3) is 0 Å². The van der Waals surface area contributed by atoms with Gasteiger partial charge in [-0.15, -0.1) is 11.8 Å². The van der Waals surface area contributed by atoms with E-state index < -0.39 is 0 Å². The van der Waals surface area contributed by atoms with Gasteiger partial charge in [-0.25, -0.2) is 0 Å². The van der Waals surface area contributed by atoms with E-state index in [2.05, 4.69) is 24.4 Å². The van der Waals surface area contributed by atoms with Crippen LogP contribution in [-0.4, -0.2) is 11.2 Å². The molecule has 0 saturated heterocycles. The number of nitrogen functional groups attached to an aromatic ring is 1. The molecule has 1 unspecified atom stereocenters. The van der Waals surface area contributed by atoms with Gasteiger partial charge in [-0.2, -0.15) is 0 Å². The van der Waals surface area contributed by atoms with E-state index in [-0.39, 0.29) is 11.2 Å². The van der Waals surface area contributed by atoms with Gasteiger partial charge in [0.2, 0.25) is 5.91 Å². The molecule has 0 heterocycles. The number of carbonyl (C=O) groups excluding carboxylic acids is 1. The molecule has 3 N–H and O–H groups in total. The molecule has 0 bridgehead atoms. The molecule has 0 radical (unpaired) electrons. The highest BCUT2D eigenvalue weighted by atomic mass is 32.2. The maximum atomic E-state index is 12.3. The van der Waals surface area contributed by atoms with E-state index in [0.717, 1.165) is 22.6 Å². The topological polar surface area (TPSA) is 55.1 Å². The Hall–Kier alpha value is -1.94. The lowest BCUT2D eigenvalue weighted by Gasteiger charge is -2.15. The standard InChI is InChI=1S/C18H22N2OS/c1-3-17(22-16-10-8-15(19)9-11-16)18(21)20-12-14-6-4-13(2)5-7-14/h4-11,17H,3,12,19H2,1-2H3,(H,20,21). The van der Waals surface area contributed by atoms with Crippen molar-refractivity contribution >= 4 is 23.4 Å². The largest absolute Gasteiger partial charge is 0.399 e. The summed E-state index contributed by atoms with van der Waals surface area (Å²) < 4.78 is 0. The highest BCUT2D eigenvalue weighted by Gasteiger charge is 2.17. The third-order valence-corrected chi connectivity index (χ3v) is 4.79. The zero-order chi connectivity index (χ0) is 15.9. The van der Waals surface area contributed by atoms with Crippen LogP contribution < -0.4 is 11.1 Å². The van der Waals surface area contributed by atoms with Crippen molar-refractivity contribution in [2.45, 2.75) is 37.0 Å². The van der Waals surface area contributed by atoms with Crippen molar-refractivity contribution in [3.8, 4) is 0 Å². The zero-order valence-corrected chi connectivity index (χ0v) is 13.8. The Bertz CT molecular complexity index is 608. The van der Waals surface area contributed by atoms with Gasteiger partial charge in [-0.3, -0.25) is 4.79 Å². The Morgan fingerprint density at radius 1 is 1.14 bits per heavy atom. The number of hydrogen-bond acceptors (Lipinski definition) is 3. The number of nitrogens with one attached hydrogen (secondary N) is 1. The summed E-state index contributed by atoms with van der Waals surface area (Å²) in [6.45, 7) is 4.65. The smallest absolute Gasteiger partial charge is 0.233 e. The minimum atomic E-state index is -0.0888. The zero-order valence-electron chi connectivity index (χ0n) is 13.0. The van der Waals surface area contributed by atoms with Crippen LogP contribution in [0.15, 0.2) is 53.4 Å². The number of benzene rings is 2. The van der Waals surface area contributed by atoms with Crippen LogP contribution in [0.5, 0.6) is 0 Å². The van der Waals surface area contributed by atoms with Crippen LogP contribution in [-0.2, 0) is 11.3 Å². The molecule has 0 aliphatic heterocycles. The molecule has 0 aliphatic rings. The molecule has 1 atom stereocenters. The van der Waals surface area contributed by atoms with Crippen molar-refractivity contribution in [3.05, 3.63) is 59.7 Å². The highest BCUT2D eigenvalue weighted by molar-refractivity contribution is 8.00. The third kappa shape index (κ3) is 4.81. The molecular formula is C18H22N2OS. The van der Waals surface area contributed by atoms with Gasteiger partial charge in [0.1, 0.15) is 0 Å². The summed E-state index contributed by atoms with van der Waals surface area (Å²) in [4.78, 5) is 13.4. The summed E-state index contributed by atoms with van der Waals surface area (Å²) in [5, 5.41) is 2.93. The first-order valence-electron chi connectivity index (χ1n) is 7.44. The van der Waals surface area contributed by atoms with Crippen molar-refractivity contribution in [3.63, 3.8) is 0 Å². The molecule has 0 fully saturated rings. The van der Waals surface area contributed by atoms with Crippen LogP contribution in [0.1, 0.15) is 24.5 Å². The maximum Gasteiger partial charge on any atom is 0.233 e. The Kier molecular flexibility index (Phi) is 5.90. The summed E-state index contributed by atoms with van der Waals surface area (Å²) in [7, 11) is 0. The second-order valence-corrected chi connectivity index (χ2v) is 6.56. The van der Waals surface area contributed by atoms with Gasteiger partial charge >= 0.3 is 0 Å². The van der Waals surface area contributed by atoms with E-state index in [0.29, 0.717) is 6.54 Å². The van der Waals surface area contributed by atoms with Crippen LogP contribution in [0.25, 0.3) is 0 Å². The molecule has 2 aromatic rings. The van der Waals surface area contributed by atoms with Crippen LogP contribution in [0.3, 0.4) is 0 Å². The number of aryl methyl sites for hydroxylation is 1. The second-order valence-electron chi connectivity index (χ2n) is 5.29. The normalized spacial score (nSPS) is 11.9. The summed E-state index contributed by atoms with van der Waals surface area (Å²) in [6.07, 6.45) is 0.786. The molecule has 1 amide bonds. The molecular weight excluding hydrogens is 292 g/mol. The van der Waals surface area contributed by atoms with Gasteiger partial charge in [0, 0.05) is 17.1 Å². The van der Waals surface area contributed by atoms with E-state index in [4.69, 9.17) is 5.73 Å². The lowest BCUT2D eigenvalue weighted by molar-refractivity contribution is -0.120. The van der Waals surface area contributed by atoms with E-state index >= 15 is 0 Å². The van der Waals surface area contributed by atoms with Gasteiger partial charge in [-0.05, 0) is 43.2 Å². The molecule has 0 saturated carbocycles. The van der Waals surface area contributed by atoms with Crippen molar-refractivity contribution in [1.29, 1.82) is 0 Å². The van der Waals surface area contributed by atoms with Crippen LogP contribution in [0.2, 0.25) is 0 Å². The average molecular weight is 314 g/mol. The molecule has 0 aromatic heterocycles. The fourth-order valence-corrected chi connectivity index (χ4v) is 3.02. The Morgan fingerprint density at radius 3 is 2.36 bits per heavy atom. The SMILES string of the molecule is CCC(Sc1ccc(N)cc1)C(=O)NCc1ccc(C)cc1. The van der Waals surface area contributed by atoms with E-state index in [9.17, 15) is 4.79 Å². The molecule has 116 valence electrons. The van der Waals surface area contributed by atoms with Gasteiger partial charge in [0.15, 0.2) is 0 Å². The van der Waals surface area contributed by atoms with Gasteiger partial charge < -0.3 is 11.1 Å². The summed E-state index contributed by atoms with van der Waals surface area (Å²) in [5.74, 6) is 0.0740. The van der Waals surface area contributed by atoms with Crippen LogP contribution in [0.4, 0.5) is 5.69 Å².